The van der Waals surface area contributed by atoms with Crippen LogP contribution in [0.4, 0.5) is 5.69 Å². The molecule has 1 saturated carbocycles. The lowest BCUT2D eigenvalue weighted by Crippen LogP contribution is -2.28. The quantitative estimate of drug-likeness (QED) is 0.876. The Balaban J connectivity index is 1.74. The molecule has 126 valence electrons. The van der Waals surface area contributed by atoms with E-state index in [2.05, 4.69) is 10.3 Å². The third kappa shape index (κ3) is 3.04. The Morgan fingerprint density at radius 3 is 2.42 bits per heavy atom. The molecule has 1 aliphatic carbocycles. The van der Waals surface area contributed by atoms with Gasteiger partial charge in [0.2, 0.25) is 5.76 Å². The van der Waals surface area contributed by atoms with Crippen LogP contribution >= 0.6 is 0 Å². The Morgan fingerprint density at radius 1 is 1.25 bits per heavy atom. The second kappa shape index (κ2) is 5.78. The molecule has 0 spiro atoms. The van der Waals surface area contributed by atoms with Gasteiger partial charge in [0.1, 0.15) is 0 Å². The zero-order chi connectivity index (χ0) is 17.5. The number of hydrogen-bond acceptors (Lipinski definition) is 4. The van der Waals surface area contributed by atoms with E-state index < -0.39 is 11.4 Å². The molecule has 0 unspecified atom stereocenters. The Bertz CT molecular complexity index is 786. The summed E-state index contributed by atoms with van der Waals surface area (Å²) < 4.78 is 5.58. The summed E-state index contributed by atoms with van der Waals surface area (Å²) in [6, 6.07) is 6.77. The first kappa shape index (κ1) is 16.2. The summed E-state index contributed by atoms with van der Waals surface area (Å²) in [6.45, 7) is 5.03. The van der Waals surface area contributed by atoms with Gasteiger partial charge < -0.3 is 14.8 Å². The van der Waals surface area contributed by atoms with Crippen molar-refractivity contribution in [1.82, 2.24) is 4.98 Å². The number of aromatic nitrogens is 1. The number of carboxylic acids is 1. The number of benzene rings is 1. The highest BCUT2D eigenvalue weighted by atomic mass is 16.4. The number of aryl methyl sites for hydroxylation is 1. The van der Waals surface area contributed by atoms with E-state index in [1.807, 2.05) is 0 Å². The van der Waals surface area contributed by atoms with Crippen molar-refractivity contribution in [2.45, 2.75) is 44.9 Å². The summed E-state index contributed by atoms with van der Waals surface area (Å²) in [5.41, 5.74) is 0.843. The van der Waals surface area contributed by atoms with Crippen molar-refractivity contribution in [2.75, 3.05) is 5.32 Å². The van der Waals surface area contributed by atoms with Crippen LogP contribution in [-0.4, -0.2) is 22.0 Å². The highest BCUT2D eigenvalue weighted by molar-refractivity contribution is 6.03. The normalized spacial score (nSPS) is 14.5. The summed E-state index contributed by atoms with van der Waals surface area (Å²) in [4.78, 5) is 27.9. The largest absolute Gasteiger partial charge is 0.481 e. The van der Waals surface area contributed by atoms with Crippen molar-refractivity contribution < 1.29 is 19.1 Å². The predicted molar refractivity (Wildman–Crippen MR) is 88.3 cm³/mol. The number of amides is 1. The van der Waals surface area contributed by atoms with Crippen LogP contribution in [0.2, 0.25) is 0 Å². The van der Waals surface area contributed by atoms with E-state index in [9.17, 15) is 14.7 Å². The molecule has 1 heterocycles. The van der Waals surface area contributed by atoms with Gasteiger partial charge in [-0.2, -0.15) is 0 Å². The number of carbonyl (C=O) groups is 2. The van der Waals surface area contributed by atoms with Gasteiger partial charge in [0, 0.05) is 11.6 Å². The predicted octanol–water partition coefficient (Wildman–Crippen LogP) is 3.47. The van der Waals surface area contributed by atoms with E-state index in [1.165, 1.54) is 0 Å². The van der Waals surface area contributed by atoms with Crippen LogP contribution in [0.15, 0.2) is 28.7 Å². The molecule has 2 N–H and O–H groups in total. The molecule has 0 atom stereocenters. The van der Waals surface area contributed by atoms with Crippen LogP contribution in [-0.2, 0) is 10.2 Å². The Hall–Kier alpha value is -2.63. The molecule has 6 nitrogen and oxygen atoms in total. The van der Waals surface area contributed by atoms with Crippen molar-refractivity contribution in [2.24, 2.45) is 0 Å². The van der Waals surface area contributed by atoms with E-state index >= 15 is 0 Å². The number of oxazole rings is 1. The molecule has 2 aromatic rings. The van der Waals surface area contributed by atoms with Gasteiger partial charge in [0.05, 0.1) is 11.1 Å². The van der Waals surface area contributed by atoms with Crippen molar-refractivity contribution in [3.8, 4) is 0 Å². The molecule has 24 heavy (non-hydrogen) atoms. The minimum absolute atomic E-state index is 0.229. The molecule has 1 amide bonds. The topological polar surface area (TPSA) is 92.4 Å². The van der Waals surface area contributed by atoms with Crippen molar-refractivity contribution >= 4 is 17.6 Å². The summed E-state index contributed by atoms with van der Waals surface area (Å²) in [5.74, 6) is -0.0350. The fourth-order valence-electron chi connectivity index (χ4n) is 2.41. The molecule has 0 aliphatic heterocycles. The molecule has 1 aromatic heterocycles. The molecule has 3 rings (SSSR count). The number of aliphatic carboxylic acids is 1. The summed E-state index contributed by atoms with van der Waals surface area (Å²) in [5, 5.41) is 12.0. The average molecular weight is 328 g/mol. The van der Waals surface area contributed by atoms with Crippen molar-refractivity contribution in [3.05, 3.63) is 47.2 Å². The van der Waals surface area contributed by atoms with Crippen LogP contribution in [0.5, 0.6) is 0 Å². The number of carbonyl (C=O) groups excluding carboxylic acids is 1. The number of rotatable bonds is 5. The van der Waals surface area contributed by atoms with Gasteiger partial charge in [-0.15, -0.1) is 0 Å². The first-order valence-electron chi connectivity index (χ1n) is 7.91. The molecular weight excluding hydrogens is 308 g/mol. The van der Waals surface area contributed by atoms with E-state index in [1.54, 1.807) is 45.0 Å². The lowest BCUT2D eigenvalue weighted by molar-refractivity contribution is -0.142. The number of anilines is 1. The second-order valence-electron chi connectivity index (χ2n) is 6.70. The third-order valence-corrected chi connectivity index (χ3v) is 4.35. The lowest BCUT2D eigenvalue weighted by atomic mass is 9.85. The summed E-state index contributed by atoms with van der Waals surface area (Å²) in [7, 11) is 0. The summed E-state index contributed by atoms with van der Waals surface area (Å²) in [6.07, 6.45) is 2.11. The standard InChI is InChI=1S/C18H20N2O4/c1-10-14(24-16(19-10)11-4-5-11)15(21)20-13-8-6-12(7-9-13)18(2,3)17(22)23/h6-9,11H,4-5H2,1-3H3,(H,20,21)(H,22,23). The maximum Gasteiger partial charge on any atom is 0.313 e. The molecule has 1 aliphatic rings. The van der Waals surface area contributed by atoms with Crippen LogP contribution in [0.1, 0.15) is 60.3 Å². The van der Waals surface area contributed by atoms with Gasteiger partial charge in [-0.1, -0.05) is 12.1 Å². The SMILES string of the molecule is Cc1nc(C2CC2)oc1C(=O)Nc1ccc(C(C)(C)C(=O)O)cc1. The molecular formula is C18H20N2O4. The fourth-order valence-corrected chi connectivity index (χ4v) is 2.41. The molecule has 1 aromatic carbocycles. The molecule has 0 radical (unpaired) electrons. The van der Waals surface area contributed by atoms with E-state index in [0.717, 1.165) is 12.8 Å². The molecule has 1 fully saturated rings. The minimum Gasteiger partial charge on any atom is -0.481 e. The van der Waals surface area contributed by atoms with Gasteiger partial charge in [-0.3, -0.25) is 9.59 Å². The highest BCUT2D eigenvalue weighted by Crippen LogP contribution is 2.40. The van der Waals surface area contributed by atoms with Crippen LogP contribution in [0, 0.1) is 6.92 Å². The first-order valence-corrected chi connectivity index (χ1v) is 7.91. The van der Waals surface area contributed by atoms with Gasteiger partial charge in [0.25, 0.3) is 5.91 Å². The van der Waals surface area contributed by atoms with Gasteiger partial charge in [-0.05, 0) is 51.3 Å². The minimum atomic E-state index is -0.983. The van der Waals surface area contributed by atoms with Crippen LogP contribution in [0.25, 0.3) is 0 Å². The van der Waals surface area contributed by atoms with Crippen molar-refractivity contribution in [1.29, 1.82) is 0 Å². The van der Waals surface area contributed by atoms with E-state index in [0.29, 0.717) is 28.8 Å². The molecule has 0 bridgehead atoms. The monoisotopic (exact) mass is 328 g/mol. The lowest BCUT2D eigenvalue weighted by Gasteiger charge is -2.19. The van der Waals surface area contributed by atoms with Crippen LogP contribution < -0.4 is 5.32 Å². The summed E-state index contributed by atoms with van der Waals surface area (Å²) >= 11 is 0. The maximum atomic E-state index is 12.3. The van der Waals surface area contributed by atoms with Gasteiger partial charge >= 0.3 is 5.97 Å². The van der Waals surface area contributed by atoms with Crippen LogP contribution in [0.3, 0.4) is 0 Å². The third-order valence-electron chi connectivity index (χ3n) is 4.35. The number of carboxylic acid groups (broad SMARTS) is 1. The Labute approximate surface area is 139 Å². The average Bonchev–Trinajstić information content (AvgIpc) is 3.30. The zero-order valence-electron chi connectivity index (χ0n) is 13.9. The Kier molecular flexibility index (Phi) is 3.91. The molecule has 0 saturated heterocycles. The first-order chi connectivity index (χ1) is 11.3. The number of hydrogen-bond donors (Lipinski definition) is 2. The zero-order valence-corrected chi connectivity index (χ0v) is 13.9. The molecule has 6 heteroatoms. The van der Waals surface area contributed by atoms with Crippen molar-refractivity contribution in [3.63, 3.8) is 0 Å². The van der Waals surface area contributed by atoms with E-state index in [4.69, 9.17) is 4.42 Å². The Morgan fingerprint density at radius 2 is 1.88 bits per heavy atom. The second-order valence-corrected chi connectivity index (χ2v) is 6.70. The number of nitrogens with one attached hydrogen (secondary N) is 1. The van der Waals surface area contributed by atoms with Gasteiger partial charge in [0.15, 0.2) is 5.89 Å². The van der Waals surface area contributed by atoms with Gasteiger partial charge in [-0.25, -0.2) is 4.98 Å². The van der Waals surface area contributed by atoms with E-state index in [-0.39, 0.29) is 11.7 Å². The highest BCUT2D eigenvalue weighted by Gasteiger charge is 2.31. The smallest absolute Gasteiger partial charge is 0.313 e. The maximum absolute atomic E-state index is 12.3. The fraction of sp³-hybridized carbons (Fsp3) is 0.389. The number of nitrogens with zero attached hydrogens (tertiary/aromatic N) is 1.